The van der Waals surface area contributed by atoms with Crippen molar-refractivity contribution in [2.24, 2.45) is 0 Å². The summed E-state index contributed by atoms with van der Waals surface area (Å²) in [6.07, 6.45) is 0. The van der Waals surface area contributed by atoms with Crippen LogP contribution in [-0.4, -0.2) is 29.3 Å². The van der Waals surface area contributed by atoms with Crippen molar-refractivity contribution in [3.8, 4) is 0 Å². The Morgan fingerprint density at radius 3 is 1.71 bits per heavy atom. The highest BCUT2D eigenvalue weighted by atomic mass is 35.5. The van der Waals surface area contributed by atoms with Crippen molar-refractivity contribution in [3.05, 3.63) is 0 Å². The summed E-state index contributed by atoms with van der Waals surface area (Å²) in [5.74, 6) is 0. The van der Waals surface area contributed by atoms with Crippen molar-refractivity contribution >= 4 is 11.6 Å². The highest BCUT2D eigenvalue weighted by Crippen LogP contribution is 2.09. The molecule has 7 heavy (non-hydrogen) atoms. The minimum Gasteiger partial charge on any atom is -0.363 e. The van der Waals surface area contributed by atoms with E-state index in [1.165, 1.54) is 11.8 Å². The molecule has 0 amide bonds. The molecule has 0 aliphatic carbocycles. The average molecular weight is 124 g/mol. The van der Waals surface area contributed by atoms with E-state index < -0.39 is 5.18 Å². The normalized spacial score (nSPS) is 19.7. The van der Waals surface area contributed by atoms with Crippen LogP contribution in [0.4, 0.5) is 0 Å². The molecule has 0 aromatic heterocycles. The Labute approximate surface area is 48.7 Å². The van der Waals surface area contributed by atoms with Crippen molar-refractivity contribution in [3.63, 3.8) is 0 Å². The number of aliphatic hydroxyl groups is 1. The van der Waals surface area contributed by atoms with Gasteiger partial charge in [-0.05, 0) is 21.0 Å². The van der Waals surface area contributed by atoms with Gasteiger partial charge in [0.15, 0.2) is 5.18 Å². The molecule has 0 fully saturated rings. The van der Waals surface area contributed by atoms with Crippen LogP contribution in [-0.2, 0) is 0 Å². The molecular formula is C4H10ClNO. The topological polar surface area (TPSA) is 23.5 Å². The number of hydrogen-bond acceptors (Lipinski definition) is 2. The summed E-state index contributed by atoms with van der Waals surface area (Å²) in [6.45, 7) is 1.51. The Morgan fingerprint density at radius 2 is 1.71 bits per heavy atom. The molecule has 0 aromatic rings. The largest absolute Gasteiger partial charge is 0.363 e. The number of hydrogen-bond donors (Lipinski definition) is 1. The first-order valence-corrected chi connectivity index (χ1v) is 2.41. The molecule has 0 saturated carbocycles. The Hall–Kier alpha value is 0.210. The molecule has 1 N–H and O–H groups in total. The van der Waals surface area contributed by atoms with Crippen LogP contribution in [0.3, 0.4) is 0 Å². The summed E-state index contributed by atoms with van der Waals surface area (Å²) in [5, 5.41) is 7.59. The van der Waals surface area contributed by atoms with Gasteiger partial charge in [-0.3, -0.25) is 4.90 Å². The van der Waals surface area contributed by atoms with E-state index in [9.17, 15) is 0 Å². The third-order valence-corrected chi connectivity index (χ3v) is 1.15. The Bertz CT molecular complexity index is 57.2. The number of halogens is 1. The van der Waals surface area contributed by atoms with Gasteiger partial charge >= 0.3 is 0 Å². The van der Waals surface area contributed by atoms with E-state index in [1.54, 1.807) is 14.1 Å². The minimum absolute atomic E-state index is 1.19. The van der Waals surface area contributed by atoms with Crippen molar-refractivity contribution in [2.75, 3.05) is 14.1 Å². The fourth-order valence-electron chi connectivity index (χ4n) is 0. The zero-order chi connectivity index (χ0) is 6.08. The Morgan fingerprint density at radius 1 is 1.57 bits per heavy atom. The van der Waals surface area contributed by atoms with Crippen LogP contribution in [0, 0.1) is 0 Å². The SMILES string of the molecule is CN(C)C(C)(O)Cl. The summed E-state index contributed by atoms with van der Waals surface area (Å²) in [5.41, 5.74) is 0. The Kier molecular flexibility index (Phi) is 2.05. The summed E-state index contributed by atoms with van der Waals surface area (Å²) in [4.78, 5) is 1.51. The van der Waals surface area contributed by atoms with Gasteiger partial charge in [-0.2, -0.15) is 0 Å². The van der Waals surface area contributed by atoms with Gasteiger partial charge in [-0.1, -0.05) is 11.6 Å². The number of rotatable bonds is 1. The number of alkyl halides is 1. The summed E-state index contributed by atoms with van der Waals surface area (Å²) < 4.78 is 0. The molecule has 0 aliphatic heterocycles. The highest BCUT2D eigenvalue weighted by molar-refractivity contribution is 6.22. The lowest BCUT2D eigenvalue weighted by Crippen LogP contribution is -2.34. The minimum atomic E-state index is -1.19. The second kappa shape index (κ2) is 1.99. The predicted octanol–water partition coefficient (Wildman–Crippen LogP) is 0.453. The quantitative estimate of drug-likeness (QED) is 0.311. The molecule has 0 radical (unpaired) electrons. The van der Waals surface area contributed by atoms with Crippen molar-refractivity contribution in [1.82, 2.24) is 4.90 Å². The maximum atomic E-state index is 8.79. The van der Waals surface area contributed by atoms with Gasteiger partial charge in [-0.25, -0.2) is 0 Å². The third-order valence-electron chi connectivity index (χ3n) is 0.816. The molecule has 0 aliphatic rings. The second-order valence-corrected chi connectivity index (χ2v) is 2.52. The molecule has 1 unspecified atom stereocenters. The molecule has 2 nitrogen and oxygen atoms in total. The molecule has 0 spiro atoms. The molecular weight excluding hydrogens is 114 g/mol. The summed E-state index contributed by atoms with van der Waals surface area (Å²) >= 11 is 5.35. The first kappa shape index (κ1) is 7.21. The van der Waals surface area contributed by atoms with Crippen LogP contribution in [0.2, 0.25) is 0 Å². The van der Waals surface area contributed by atoms with Gasteiger partial charge in [0.05, 0.1) is 0 Å². The van der Waals surface area contributed by atoms with Crippen LogP contribution in [0.5, 0.6) is 0 Å². The van der Waals surface area contributed by atoms with E-state index >= 15 is 0 Å². The fraction of sp³-hybridized carbons (Fsp3) is 1.00. The maximum Gasteiger partial charge on any atom is 0.192 e. The van der Waals surface area contributed by atoms with Crippen LogP contribution >= 0.6 is 11.6 Å². The first-order chi connectivity index (χ1) is 2.94. The van der Waals surface area contributed by atoms with Gasteiger partial charge in [0.2, 0.25) is 0 Å². The molecule has 0 bridgehead atoms. The molecule has 0 heterocycles. The van der Waals surface area contributed by atoms with Crippen molar-refractivity contribution < 1.29 is 5.11 Å². The fourth-order valence-corrected chi connectivity index (χ4v) is 0. The van der Waals surface area contributed by atoms with E-state index in [0.29, 0.717) is 0 Å². The molecule has 0 rings (SSSR count). The Balaban J connectivity index is 3.54. The van der Waals surface area contributed by atoms with Gasteiger partial charge < -0.3 is 5.11 Å². The van der Waals surface area contributed by atoms with Crippen LogP contribution in [0.1, 0.15) is 6.92 Å². The monoisotopic (exact) mass is 123 g/mol. The zero-order valence-corrected chi connectivity index (χ0v) is 5.53. The third kappa shape index (κ3) is 2.85. The van der Waals surface area contributed by atoms with Gasteiger partial charge in [0.25, 0.3) is 0 Å². The highest BCUT2D eigenvalue weighted by Gasteiger charge is 2.16. The summed E-state index contributed by atoms with van der Waals surface area (Å²) in [6, 6.07) is 0. The molecule has 0 aromatic carbocycles. The van der Waals surface area contributed by atoms with Crippen molar-refractivity contribution in [1.29, 1.82) is 0 Å². The smallest absolute Gasteiger partial charge is 0.192 e. The zero-order valence-electron chi connectivity index (χ0n) is 4.77. The molecule has 0 saturated heterocycles. The van der Waals surface area contributed by atoms with Gasteiger partial charge in [0, 0.05) is 0 Å². The van der Waals surface area contributed by atoms with E-state index in [-0.39, 0.29) is 0 Å². The molecule has 44 valence electrons. The van der Waals surface area contributed by atoms with E-state index in [2.05, 4.69) is 0 Å². The lowest BCUT2D eigenvalue weighted by molar-refractivity contribution is 0.0139. The van der Waals surface area contributed by atoms with Crippen molar-refractivity contribution in [2.45, 2.75) is 12.1 Å². The average Bonchev–Trinajstić information content (AvgIpc) is 1.31. The van der Waals surface area contributed by atoms with Gasteiger partial charge in [-0.15, -0.1) is 0 Å². The van der Waals surface area contributed by atoms with E-state index in [0.717, 1.165) is 0 Å². The second-order valence-electron chi connectivity index (χ2n) is 1.80. The van der Waals surface area contributed by atoms with Crippen LogP contribution in [0.25, 0.3) is 0 Å². The number of nitrogens with zero attached hydrogens (tertiary/aromatic N) is 1. The van der Waals surface area contributed by atoms with Crippen LogP contribution in [0.15, 0.2) is 0 Å². The lowest BCUT2D eigenvalue weighted by Gasteiger charge is -2.22. The lowest BCUT2D eigenvalue weighted by atomic mass is 10.6. The van der Waals surface area contributed by atoms with E-state index in [1.807, 2.05) is 0 Å². The van der Waals surface area contributed by atoms with E-state index in [4.69, 9.17) is 16.7 Å². The first-order valence-electron chi connectivity index (χ1n) is 2.03. The maximum absolute atomic E-state index is 8.79. The molecule has 1 atom stereocenters. The predicted molar refractivity (Wildman–Crippen MR) is 30.2 cm³/mol. The summed E-state index contributed by atoms with van der Waals surface area (Å²) in [7, 11) is 3.40. The molecule has 3 heteroatoms. The van der Waals surface area contributed by atoms with Crippen LogP contribution < -0.4 is 0 Å². The van der Waals surface area contributed by atoms with Gasteiger partial charge in [0.1, 0.15) is 0 Å². The standard InChI is InChI=1S/C4H10ClNO/c1-4(5,7)6(2)3/h7H,1-3H3.